The Bertz CT molecular complexity index is 1350. The van der Waals surface area contributed by atoms with Gasteiger partial charge in [-0.1, -0.05) is 42.8 Å². The van der Waals surface area contributed by atoms with Gasteiger partial charge in [-0.05, 0) is 35.9 Å². The van der Waals surface area contributed by atoms with Gasteiger partial charge in [0, 0.05) is 18.0 Å². The second-order valence-electron chi connectivity index (χ2n) is 6.96. The van der Waals surface area contributed by atoms with Crippen LogP contribution in [0.4, 0.5) is 5.13 Å². The van der Waals surface area contributed by atoms with E-state index in [-0.39, 0.29) is 21.6 Å². The number of anilines is 1. The van der Waals surface area contributed by atoms with Crippen molar-refractivity contribution in [3.63, 3.8) is 0 Å². The summed E-state index contributed by atoms with van der Waals surface area (Å²) in [6.07, 6.45) is 2.00. The molecule has 0 bridgehead atoms. The van der Waals surface area contributed by atoms with Crippen molar-refractivity contribution in [1.82, 2.24) is 9.36 Å². The Morgan fingerprint density at radius 3 is 2.63 bits per heavy atom. The average molecular weight is 533 g/mol. The van der Waals surface area contributed by atoms with Crippen molar-refractivity contribution in [3.8, 4) is 17.6 Å². The predicted octanol–water partition coefficient (Wildman–Crippen LogP) is 4.38. The molecule has 0 aliphatic heterocycles. The summed E-state index contributed by atoms with van der Waals surface area (Å²) in [6, 6.07) is 16.1. The van der Waals surface area contributed by atoms with Crippen molar-refractivity contribution in [3.05, 3.63) is 64.7 Å². The number of hydrogen-bond acceptors (Lipinski definition) is 9. The van der Waals surface area contributed by atoms with E-state index in [1.54, 1.807) is 18.2 Å². The highest BCUT2D eigenvalue weighted by Gasteiger charge is 2.20. The number of sulfone groups is 1. The summed E-state index contributed by atoms with van der Waals surface area (Å²) in [7, 11) is -3.60. The lowest BCUT2D eigenvalue weighted by atomic mass is 10.1. The number of benzene rings is 2. The third kappa shape index (κ3) is 7.51. The van der Waals surface area contributed by atoms with Crippen LogP contribution >= 0.6 is 23.1 Å². The van der Waals surface area contributed by atoms with Crippen molar-refractivity contribution in [2.24, 2.45) is 0 Å². The largest absolute Gasteiger partial charge is 0.493 e. The molecule has 12 heteroatoms. The molecule has 3 aromatic rings. The van der Waals surface area contributed by atoms with E-state index in [0.29, 0.717) is 47.5 Å². The number of hydrogen-bond donors (Lipinski definition) is 1. The predicted molar refractivity (Wildman–Crippen MR) is 133 cm³/mol. The van der Waals surface area contributed by atoms with Crippen LogP contribution in [0.1, 0.15) is 18.9 Å². The normalized spacial score (nSPS) is 11.5. The van der Waals surface area contributed by atoms with Crippen LogP contribution < -0.4 is 14.8 Å². The van der Waals surface area contributed by atoms with Gasteiger partial charge in [0.2, 0.25) is 15.0 Å². The first-order valence-corrected chi connectivity index (χ1v) is 13.2. The maximum atomic E-state index is 12.5. The van der Waals surface area contributed by atoms with Crippen molar-refractivity contribution < 1.29 is 22.7 Å². The van der Waals surface area contributed by atoms with Crippen LogP contribution in [0.25, 0.3) is 6.08 Å². The van der Waals surface area contributed by atoms with E-state index in [1.807, 2.05) is 36.4 Å². The molecule has 182 valence electrons. The van der Waals surface area contributed by atoms with Crippen LogP contribution in [-0.2, 0) is 14.6 Å². The van der Waals surface area contributed by atoms with Gasteiger partial charge >= 0.3 is 0 Å². The van der Waals surface area contributed by atoms with Crippen molar-refractivity contribution in [2.45, 2.75) is 18.5 Å². The van der Waals surface area contributed by atoms with Crippen LogP contribution in [0.2, 0.25) is 5.02 Å². The molecule has 0 aliphatic rings. The van der Waals surface area contributed by atoms with Crippen molar-refractivity contribution in [1.29, 1.82) is 5.26 Å². The Morgan fingerprint density at radius 1 is 1.20 bits per heavy atom. The van der Waals surface area contributed by atoms with Gasteiger partial charge in [-0.2, -0.15) is 14.6 Å². The number of rotatable bonds is 11. The number of carbonyl (C=O) groups excluding carboxylic acids is 1. The molecule has 3 rings (SSSR count). The number of nitriles is 1. The van der Waals surface area contributed by atoms with Gasteiger partial charge in [0.15, 0.2) is 0 Å². The Morgan fingerprint density at radius 2 is 1.94 bits per heavy atom. The fraction of sp³-hybridized carbons (Fsp3) is 0.217. The Hall–Kier alpha value is -3.46. The maximum absolute atomic E-state index is 12.5. The van der Waals surface area contributed by atoms with Gasteiger partial charge in [0.25, 0.3) is 11.1 Å². The molecule has 9 nitrogen and oxygen atoms in total. The van der Waals surface area contributed by atoms with Gasteiger partial charge in [-0.3, -0.25) is 10.1 Å². The van der Waals surface area contributed by atoms with Crippen molar-refractivity contribution >= 4 is 50.1 Å². The quantitative estimate of drug-likeness (QED) is 0.218. The van der Waals surface area contributed by atoms with Gasteiger partial charge < -0.3 is 9.47 Å². The van der Waals surface area contributed by atoms with Gasteiger partial charge in [0.1, 0.15) is 23.1 Å². The molecule has 35 heavy (non-hydrogen) atoms. The highest BCUT2D eigenvalue weighted by atomic mass is 35.5. The number of para-hydroxylation sites is 1. The molecule has 0 spiro atoms. The zero-order chi connectivity index (χ0) is 25.3. The topological polar surface area (TPSA) is 131 Å². The van der Waals surface area contributed by atoms with E-state index in [9.17, 15) is 18.5 Å². The van der Waals surface area contributed by atoms with Crippen LogP contribution in [-0.4, -0.2) is 42.6 Å². The summed E-state index contributed by atoms with van der Waals surface area (Å²) < 4.78 is 38.7. The first-order chi connectivity index (χ1) is 16.8. The molecule has 1 amide bonds. The average Bonchev–Trinajstić information content (AvgIpc) is 3.33. The molecule has 0 radical (unpaired) electrons. The molecule has 0 unspecified atom stereocenters. The minimum Gasteiger partial charge on any atom is -0.493 e. The highest BCUT2D eigenvalue weighted by Crippen LogP contribution is 2.27. The zero-order valence-electron chi connectivity index (χ0n) is 18.6. The van der Waals surface area contributed by atoms with Crippen LogP contribution in [0.3, 0.4) is 0 Å². The van der Waals surface area contributed by atoms with E-state index in [1.165, 1.54) is 13.0 Å². The number of nitrogens with one attached hydrogen (secondary N) is 1. The van der Waals surface area contributed by atoms with Gasteiger partial charge in [-0.15, -0.1) is 0 Å². The number of halogens is 1. The number of aromatic nitrogens is 2. The van der Waals surface area contributed by atoms with Crippen molar-refractivity contribution in [2.75, 3.05) is 24.3 Å². The molecular formula is C23H21ClN4O5S2. The molecule has 0 saturated carbocycles. The molecule has 1 N–H and O–H groups in total. The summed E-state index contributed by atoms with van der Waals surface area (Å²) in [5.74, 6) is 0.336. The first-order valence-electron chi connectivity index (χ1n) is 10.4. The number of carbonyl (C=O) groups is 1. The lowest BCUT2D eigenvalue weighted by Gasteiger charge is -2.10. The van der Waals surface area contributed by atoms with Gasteiger partial charge in [0.05, 0.1) is 24.0 Å². The molecular weight excluding hydrogens is 512 g/mol. The van der Waals surface area contributed by atoms with Gasteiger partial charge in [-0.25, -0.2) is 8.42 Å². The minimum absolute atomic E-state index is 0.0267. The molecule has 1 aromatic heterocycles. The monoisotopic (exact) mass is 532 g/mol. The SMILES string of the molecule is CCS(=O)(=O)c1nsc(NC(=O)/C(C#N)=C\c2ccc(OCCCOc3ccccc3)c(Cl)c2)n1. The number of amides is 1. The second-order valence-corrected chi connectivity index (χ2v) is 10.3. The van der Waals surface area contributed by atoms with Crippen LogP contribution in [0, 0.1) is 11.3 Å². The van der Waals surface area contributed by atoms with E-state index >= 15 is 0 Å². The molecule has 0 fully saturated rings. The Labute approximate surface area is 212 Å². The third-order valence-electron chi connectivity index (χ3n) is 4.48. The summed E-state index contributed by atoms with van der Waals surface area (Å²) in [5.41, 5.74) is 0.288. The molecule has 0 atom stereocenters. The fourth-order valence-electron chi connectivity index (χ4n) is 2.67. The lowest BCUT2D eigenvalue weighted by Crippen LogP contribution is -2.13. The van der Waals surface area contributed by atoms with E-state index in [4.69, 9.17) is 21.1 Å². The number of ether oxygens (including phenoxy) is 2. The van der Waals surface area contributed by atoms with E-state index in [0.717, 1.165) is 5.75 Å². The Kier molecular flexibility index (Phi) is 9.19. The minimum atomic E-state index is -3.60. The Balaban J connectivity index is 1.57. The fourth-order valence-corrected chi connectivity index (χ4v) is 4.49. The van der Waals surface area contributed by atoms with E-state index < -0.39 is 15.7 Å². The zero-order valence-corrected chi connectivity index (χ0v) is 21.0. The summed E-state index contributed by atoms with van der Waals surface area (Å²) >= 11 is 7.00. The maximum Gasteiger partial charge on any atom is 0.268 e. The molecule has 0 saturated heterocycles. The highest BCUT2D eigenvalue weighted by molar-refractivity contribution is 7.91. The van der Waals surface area contributed by atoms with Crippen LogP contribution in [0.15, 0.2) is 59.3 Å². The molecule has 1 heterocycles. The van der Waals surface area contributed by atoms with Crippen LogP contribution in [0.5, 0.6) is 11.5 Å². The second kappa shape index (κ2) is 12.3. The third-order valence-corrected chi connectivity index (χ3v) is 7.02. The standard InChI is InChI=1S/C23H21ClN4O5S2/c1-2-35(30,31)23-27-22(34-28-23)26-21(29)17(15-25)13-16-9-10-20(19(24)14-16)33-12-6-11-32-18-7-4-3-5-8-18/h3-5,7-10,13-14H,2,6,11-12H2,1H3,(H,26,27,28,29)/b17-13-. The number of nitrogens with zero attached hydrogens (tertiary/aromatic N) is 3. The lowest BCUT2D eigenvalue weighted by molar-refractivity contribution is -0.112. The summed E-state index contributed by atoms with van der Waals surface area (Å²) in [4.78, 5) is 16.3. The molecule has 0 aliphatic carbocycles. The molecule has 2 aromatic carbocycles. The first kappa shape index (κ1) is 26.2. The van der Waals surface area contributed by atoms with E-state index in [2.05, 4.69) is 14.7 Å². The smallest absolute Gasteiger partial charge is 0.268 e. The summed E-state index contributed by atoms with van der Waals surface area (Å²) in [5, 5.41) is 11.7. The summed E-state index contributed by atoms with van der Waals surface area (Å²) in [6.45, 7) is 2.35.